The molecule has 0 amide bonds. The van der Waals surface area contributed by atoms with Crippen molar-refractivity contribution in [3.63, 3.8) is 0 Å². The van der Waals surface area contributed by atoms with Gasteiger partial charge in [-0.3, -0.25) is 14.2 Å². The Bertz CT molecular complexity index is 771. The minimum atomic E-state index is -0.477. The molecule has 5 nitrogen and oxygen atoms in total. The van der Waals surface area contributed by atoms with Crippen LogP contribution in [0, 0.1) is 0 Å². The van der Waals surface area contributed by atoms with E-state index in [1.165, 1.54) is 29.1 Å². The Labute approximate surface area is 121 Å². The highest BCUT2D eigenvalue weighted by atomic mass is 16.6. The van der Waals surface area contributed by atoms with Gasteiger partial charge in [0.05, 0.1) is 6.10 Å². The molecule has 0 N–H and O–H groups in total. The second-order valence-electron chi connectivity index (χ2n) is 4.75. The number of nitrogens with zero attached hydrogens (tertiary/aromatic N) is 1. The summed E-state index contributed by atoms with van der Waals surface area (Å²) in [6, 6.07) is 10.1. The average molecular weight is 285 g/mol. The van der Waals surface area contributed by atoms with E-state index in [2.05, 4.69) is 0 Å². The predicted octanol–water partition coefficient (Wildman–Crippen LogP) is 2.32. The van der Waals surface area contributed by atoms with E-state index in [1.807, 2.05) is 24.3 Å². The van der Waals surface area contributed by atoms with E-state index in [0.717, 1.165) is 10.8 Å². The van der Waals surface area contributed by atoms with Crippen LogP contribution in [0.4, 0.5) is 4.79 Å². The predicted molar refractivity (Wildman–Crippen MR) is 80.3 cm³/mol. The first-order chi connectivity index (χ1) is 9.99. The van der Waals surface area contributed by atoms with Gasteiger partial charge >= 0.3 is 6.09 Å². The molecule has 0 spiro atoms. The van der Waals surface area contributed by atoms with Crippen LogP contribution >= 0.6 is 0 Å². The molecule has 0 atom stereocenters. The van der Waals surface area contributed by atoms with Crippen molar-refractivity contribution >= 4 is 16.9 Å². The van der Waals surface area contributed by atoms with E-state index in [-0.39, 0.29) is 17.0 Å². The van der Waals surface area contributed by atoms with Crippen molar-refractivity contribution < 1.29 is 9.53 Å². The molecule has 2 aromatic carbocycles. The van der Waals surface area contributed by atoms with Crippen molar-refractivity contribution in [1.82, 2.24) is 4.57 Å². The van der Waals surface area contributed by atoms with Crippen LogP contribution in [0.15, 0.2) is 58.4 Å². The van der Waals surface area contributed by atoms with Gasteiger partial charge in [-0.05, 0) is 13.8 Å². The topological polar surface area (TPSA) is 65.4 Å². The van der Waals surface area contributed by atoms with Gasteiger partial charge < -0.3 is 4.74 Å². The number of hydrogen-bond donors (Lipinski definition) is 0. The lowest BCUT2D eigenvalue weighted by Crippen LogP contribution is -2.18. The molecular weight excluding hydrogens is 270 g/mol. The maximum atomic E-state index is 11.2. The smallest absolute Gasteiger partial charge is 0.418 e. The molecule has 3 rings (SSSR count). The Morgan fingerprint density at radius 1 is 1.00 bits per heavy atom. The highest BCUT2D eigenvalue weighted by Gasteiger charge is 2.07. The third kappa shape index (κ3) is 3.89. The summed E-state index contributed by atoms with van der Waals surface area (Å²) in [5.74, 6) is 0. The van der Waals surface area contributed by atoms with Crippen LogP contribution in [0.1, 0.15) is 13.8 Å². The maximum absolute atomic E-state index is 11.2. The number of pyridine rings is 1. The van der Waals surface area contributed by atoms with E-state index >= 15 is 0 Å². The minimum absolute atomic E-state index is 0.131. The van der Waals surface area contributed by atoms with Gasteiger partial charge in [0, 0.05) is 35.3 Å². The van der Waals surface area contributed by atoms with Crippen LogP contribution in [0.2, 0.25) is 0 Å². The van der Waals surface area contributed by atoms with Gasteiger partial charge in [0.1, 0.15) is 0 Å². The molecule has 108 valence electrons. The molecule has 3 aromatic rings. The van der Waals surface area contributed by atoms with Crippen molar-refractivity contribution in [1.29, 1.82) is 0 Å². The Morgan fingerprint density at radius 2 is 1.52 bits per heavy atom. The van der Waals surface area contributed by atoms with Crippen molar-refractivity contribution in [2.45, 2.75) is 20.0 Å². The van der Waals surface area contributed by atoms with Gasteiger partial charge in [-0.1, -0.05) is 24.3 Å². The highest BCUT2D eigenvalue weighted by Crippen LogP contribution is 2.11. The molecular formula is C16H15NO4. The summed E-state index contributed by atoms with van der Waals surface area (Å²) >= 11 is 0. The molecule has 1 aromatic heterocycles. The van der Waals surface area contributed by atoms with Gasteiger partial charge in [0.2, 0.25) is 0 Å². The molecule has 0 aliphatic rings. The lowest BCUT2D eigenvalue weighted by molar-refractivity contribution is 0.117. The summed E-state index contributed by atoms with van der Waals surface area (Å²) in [6.07, 6.45) is 2.13. The van der Waals surface area contributed by atoms with Crippen molar-refractivity contribution in [3.8, 4) is 0 Å². The number of benzene rings is 1. The molecule has 0 saturated carbocycles. The SMILES string of the molecule is CC(C)OC(=O)n1ccc(=O)cc1.O=c1c2ccccc12. The third-order valence-corrected chi connectivity index (χ3v) is 2.70. The third-order valence-electron chi connectivity index (χ3n) is 2.70. The van der Waals surface area contributed by atoms with Gasteiger partial charge in [0.25, 0.3) is 0 Å². The first-order valence-electron chi connectivity index (χ1n) is 6.52. The molecule has 0 aliphatic carbocycles. The first kappa shape index (κ1) is 14.7. The average Bonchev–Trinajstić information content (AvgIpc) is 3.11. The molecule has 0 saturated heterocycles. The zero-order valence-electron chi connectivity index (χ0n) is 11.8. The van der Waals surface area contributed by atoms with Crippen LogP contribution in [0.3, 0.4) is 0 Å². The number of hydrogen-bond acceptors (Lipinski definition) is 4. The van der Waals surface area contributed by atoms with Crippen LogP contribution in [-0.4, -0.2) is 16.8 Å². The molecule has 1 heterocycles. The lowest BCUT2D eigenvalue weighted by Gasteiger charge is -2.08. The second-order valence-corrected chi connectivity index (χ2v) is 4.75. The molecule has 5 heteroatoms. The minimum Gasteiger partial charge on any atom is -0.446 e. The highest BCUT2D eigenvalue weighted by molar-refractivity contribution is 5.96. The fourth-order valence-electron chi connectivity index (χ4n) is 1.63. The fourth-order valence-corrected chi connectivity index (χ4v) is 1.63. The summed E-state index contributed by atoms with van der Waals surface area (Å²) in [4.78, 5) is 32.4. The Kier molecular flexibility index (Phi) is 4.33. The number of ether oxygens (including phenoxy) is 1. The van der Waals surface area contributed by atoms with Gasteiger partial charge in [-0.15, -0.1) is 0 Å². The molecule has 0 radical (unpaired) electrons. The standard InChI is InChI=1S/C9H11NO3.C7H4O/c1-7(2)13-9(12)10-5-3-8(11)4-6-10;8-7-5-3-1-2-4-6(5)7/h3-7H,1-2H3;1-4H. The van der Waals surface area contributed by atoms with Crippen molar-refractivity contribution in [2.75, 3.05) is 0 Å². The van der Waals surface area contributed by atoms with E-state index in [4.69, 9.17) is 4.74 Å². The van der Waals surface area contributed by atoms with Gasteiger partial charge in [0.15, 0.2) is 10.9 Å². The van der Waals surface area contributed by atoms with Crippen molar-refractivity contribution in [3.05, 3.63) is 69.2 Å². The zero-order valence-corrected chi connectivity index (χ0v) is 11.8. The second kappa shape index (κ2) is 6.17. The van der Waals surface area contributed by atoms with Crippen molar-refractivity contribution in [2.24, 2.45) is 0 Å². The van der Waals surface area contributed by atoms with E-state index in [9.17, 15) is 14.4 Å². The zero-order chi connectivity index (χ0) is 15.4. The largest absolute Gasteiger partial charge is 0.446 e. The molecule has 0 aliphatic heterocycles. The summed E-state index contributed by atoms with van der Waals surface area (Å²) in [6.45, 7) is 3.53. The summed E-state index contributed by atoms with van der Waals surface area (Å²) in [5.41, 5.74) is 0.0867. The number of rotatable bonds is 1. The monoisotopic (exact) mass is 285 g/mol. The molecule has 21 heavy (non-hydrogen) atoms. The van der Waals surface area contributed by atoms with Gasteiger partial charge in [-0.2, -0.15) is 0 Å². The van der Waals surface area contributed by atoms with Crippen LogP contribution in [0.5, 0.6) is 0 Å². The number of carbonyl (C=O) groups excluding carboxylic acids is 1. The van der Waals surface area contributed by atoms with E-state index < -0.39 is 6.09 Å². The summed E-state index contributed by atoms with van der Waals surface area (Å²) < 4.78 is 6.12. The van der Waals surface area contributed by atoms with Crippen LogP contribution in [0.25, 0.3) is 10.8 Å². The Morgan fingerprint density at radius 3 is 1.95 bits per heavy atom. The Balaban J connectivity index is 0.000000170. The normalized spacial score (nSPS) is 10.4. The molecule has 0 bridgehead atoms. The maximum Gasteiger partial charge on any atom is 0.418 e. The molecule has 0 unspecified atom stereocenters. The quantitative estimate of drug-likeness (QED) is 0.688. The van der Waals surface area contributed by atoms with Crippen LogP contribution < -0.4 is 10.9 Å². The van der Waals surface area contributed by atoms with E-state index in [1.54, 1.807) is 13.8 Å². The Hall–Kier alpha value is -2.69. The number of carbonyl (C=O) groups is 1. The lowest BCUT2D eigenvalue weighted by atomic mass is 10.4. The fraction of sp³-hybridized carbons (Fsp3) is 0.188. The van der Waals surface area contributed by atoms with Crippen LogP contribution in [-0.2, 0) is 4.74 Å². The molecule has 0 fully saturated rings. The number of aromatic nitrogens is 1. The van der Waals surface area contributed by atoms with Gasteiger partial charge in [-0.25, -0.2) is 4.79 Å². The van der Waals surface area contributed by atoms with E-state index in [0.29, 0.717) is 0 Å². The summed E-state index contributed by atoms with van der Waals surface area (Å²) in [5, 5.41) is 1.79. The first-order valence-corrected chi connectivity index (χ1v) is 6.52. The number of fused-ring (bicyclic) bond motifs is 1. The summed E-state index contributed by atoms with van der Waals surface area (Å²) in [7, 11) is 0.